The first-order valence-electron chi connectivity index (χ1n) is 5.54. The number of alkyl halides is 1. The zero-order valence-electron chi connectivity index (χ0n) is 9.57. The molecule has 1 amide bonds. The molecule has 1 saturated heterocycles. The monoisotopic (exact) mass is 267 g/mol. The minimum atomic E-state index is -3.08. The zero-order chi connectivity index (χ0) is 12.3. The second-order valence-electron chi connectivity index (χ2n) is 4.22. The van der Waals surface area contributed by atoms with Crippen LogP contribution in [0.1, 0.15) is 26.7 Å². The van der Waals surface area contributed by atoms with Gasteiger partial charge in [-0.1, -0.05) is 13.8 Å². The van der Waals surface area contributed by atoms with Gasteiger partial charge in [-0.15, -0.1) is 11.6 Å². The fourth-order valence-corrected chi connectivity index (χ4v) is 4.45. The molecule has 0 saturated carbocycles. The molecule has 0 bridgehead atoms. The van der Waals surface area contributed by atoms with Crippen molar-refractivity contribution in [3.05, 3.63) is 0 Å². The lowest BCUT2D eigenvalue weighted by Crippen LogP contribution is -2.43. The predicted molar refractivity (Wildman–Crippen MR) is 64.3 cm³/mol. The fourth-order valence-electron chi connectivity index (χ4n) is 1.90. The maximum atomic E-state index is 11.8. The van der Waals surface area contributed by atoms with Gasteiger partial charge < -0.3 is 5.32 Å². The van der Waals surface area contributed by atoms with Gasteiger partial charge in [0, 0.05) is 5.92 Å². The number of halogens is 1. The van der Waals surface area contributed by atoms with E-state index in [-0.39, 0.29) is 23.3 Å². The van der Waals surface area contributed by atoms with Crippen LogP contribution in [0.4, 0.5) is 0 Å². The van der Waals surface area contributed by atoms with E-state index >= 15 is 0 Å². The van der Waals surface area contributed by atoms with Crippen LogP contribution in [-0.2, 0) is 14.6 Å². The minimum Gasteiger partial charge on any atom is -0.351 e. The van der Waals surface area contributed by atoms with E-state index in [0.29, 0.717) is 0 Å². The number of amides is 1. The molecule has 1 aliphatic rings. The molecule has 0 aromatic carbocycles. The molecule has 1 N–H and O–H groups in total. The smallest absolute Gasteiger partial charge is 0.223 e. The van der Waals surface area contributed by atoms with E-state index in [2.05, 4.69) is 5.32 Å². The van der Waals surface area contributed by atoms with Gasteiger partial charge in [-0.2, -0.15) is 0 Å². The van der Waals surface area contributed by atoms with E-state index in [9.17, 15) is 13.2 Å². The van der Waals surface area contributed by atoms with Gasteiger partial charge in [-0.05, 0) is 12.8 Å². The lowest BCUT2D eigenvalue weighted by atomic mass is 10.0. The van der Waals surface area contributed by atoms with Crippen molar-refractivity contribution in [3.8, 4) is 0 Å². The Morgan fingerprint density at radius 3 is 2.31 bits per heavy atom. The van der Waals surface area contributed by atoms with Crippen LogP contribution in [-0.4, -0.2) is 37.2 Å². The summed E-state index contributed by atoms with van der Waals surface area (Å²) >= 11 is 5.90. The Hall–Kier alpha value is -0.290. The Bertz CT molecular complexity index is 351. The molecule has 0 spiro atoms. The lowest BCUT2D eigenvalue weighted by molar-refractivity contribution is -0.125. The molecule has 1 heterocycles. The SMILES string of the molecule is CCC(CC)C(=O)NC1CS(=O)(=O)CC1Cl. The van der Waals surface area contributed by atoms with Crippen LogP contribution >= 0.6 is 11.6 Å². The van der Waals surface area contributed by atoms with E-state index in [0.717, 1.165) is 12.8 Å². The first-order chi connectivity index (χ1) is 7.39. The van der Waals surface area contributed by atoms with E-state index in [1.165, 1.54) is 0 Å². The highest BCUT2D eigenvalue weighted by atomic mass is 35.5. The Kier molecular flexibility index (Phi) is 4.62. The van der Waals surface area contributed by atoms with Crippen molar-refractivity contribution in [1.29, 1.82) is 0 Å². The van der Waals surface area contributed by atoms with Crippen molar-refractivity contribution in [3.63, 3.8) is 0 Å². The van der Waals surface area contributed by atoms with Crippen molar-refractivity contribution in [2.45, 2.75) is 38.1 Å². The average Bonchev–Trinajstić information content (AvgIpc) is 2.41. The van der Waals surface area contributed by atoms with Crippen LogP contribution in [0.25, 0.3) is 0 Å². The van der Waals surface area contributed by atoms with E-state index < -0.39 is 21.3 Å². The minimum absolute atomic E-state index is 0.0347. The molecular weight excluding hydrogens is 250 g/mol. The molecule has 0 radical (unpaired) electrons. The summed E-state index contributed by atoms with van der Waals surface area (Å²) in [5.41, 5.74) is 0. The fraction of sp³-hybridized carbons (Fsp3) is 0.900. The van der Waals surface area contributed by atoms with Gasteiger partial charge in [-0.25, -0.2) is 8.42 Å². The largest absolute Gasteiger partial charge is 0.351 e. The Balaban J connectivity index is 2.59. The van der Waals surface area contributed by atoms with Crippen molar-refractivity contribution in [2.75, 3.05) is 11.5 Å². The summed E-state index contributed by atoms with van der Waals surface area (Å²) in [6, 6.07) is -0.431. The van der Waals surface area contributed by atoms with Gasteiger partial charge in [0.05, 0.1) is 22.9 Å². The van der Waals surface area contributed by atoms with Gasteiger partial charge >= 0.3 is 0 Å². The molecule has 0 aromatic rings. The average molecular weight is 268 g/mol. The van der Waals surface area contributed by atoms with E-state index in [1.54, 1.807) is 0 Å². The second kappa shape index (κ2) is 5.36. The quantitative estimate of drug-likeness (QED) is 0.771. The van der Waals surface area contributed by atoms with Crippen LogP contribution in [0.3, 0.4) is 0 Å². The number of nitrogens with one attached hydrogen (secondary N) is 1. The van der Waals surface area contributed by atoms with Gasteiger partial charge in [-0.3, -0.25) is 4.79 Å². The van der Waals surface area contributed by atoms with E-state index in [4.69, 9.17) is 11.6 Å². The molecular formula is C10H18ClNO3S. The first-order valence-corrected chi connectivity index (χ1v) is 7.80. The summed E-state index contributed by atoms with van der Waals surface area (Å²) in [6.45, 7) is 3.88. The summed E-state index contributed by atoms with van der Waals surface area (Å²) in [7, 11) is -3.08. The van der Waals surface area contributed by atoms with Crippen LogP contribution in [0.5, 0.6) is 0 Å². The summed E-state index contributed by atoms with van der Waals surface area (Å²) in [5, 5.41) is 2.24. The topological polar surface area (TPSA) is 63.2 Å². The first kappa shape index (κ1) is 13.8. The molecule has 0 aromatic heterocycles. The zero-order valence-corrected chi connectivity index (χ0v) is 11.1. The lowest BCUT2D eigenvalue weighted by Gasteiger charge is -2.18. The van der Waals surface area contributed by atoms with Gasteiger partial charge in [0.15, 0.2) is 9.84 Å². The maximum absolute atomic E-state index is 11.8. The van der Waals surface area contributed by atoms with Gasteiger partial charge in [0.1, 0.15) is 0 Å². The molecule has 94 valence electrons. The van der Waals surface area contributed by atoms with Crippen molar-refractivity contribution >= 4 is 27.3 Å². The molecule has 2 atom stereocenters. The predicted octanol–water partition coefficient (Wildman–Crippen LogP) is 0.943. The highest BCUT2D eigenvalue weighted by Crippen LogP contribution is 2.19. The highest BCUT2D eigenvalue weighted by Gasteiger charge is 2.37. The molecule has 2 unspecified atom stereocenters. The maximum Gasteiger partial charge on any atom is 0.223 e. The van der Waals surface area contributed by atoms with Crippen molar-refractivity contribution < 1.29 is 13.2 Å². The van der Waals surface area contributed by atoms with Gasteiger partial charge in [0.25, 0.3) is 0 Å². The van der Waals surface area contributed by atoms with Crippen LogP contribution in [0, 0.1) is 5.92 Å². The summed E-state index contributed by atoms with van der Waals surface area (Å²) in [4.78, 5) is 11.8. The third-order valence-electron chi connectivity index (χ3n) is 2.97. The third kappa shape index (κ3) is 3.35. The molecule has 1 fully saturated rings. The number of hydrogen-bond donors (Lipinski definition) is 1. The molecule has 6 heteroatoms. The Morgan fingerprint density at radius 2 is 1.94 bits per heavy atom. The number of hydrogen-bond acceptors (Lipinski definition) is 3. The van der Waals surface area contributed by atoms with Crippen LogP contribution < -0.4 is 5.32 Å². The van der Waals surface area contributed by atoms with Crippen molar-refractivity contribution in [1.82, 2.24) is 5.32 Å². The standard InChI is InChI=1S/C10H18ClNO3S/c1-3-7(4-2)10(13)12-9-6-16(14,15)5-8(9)11/h7-9H,3-6H2,1-2H3,(H,12,13). The number of carbonyl (C=O) groups is 1. The molecule has 1 rings (SSSR count). The molecule has 0 aliphatic carbocycles. The van der Waals surface area contributed by atoms with Crippen molar-refractivity contribution in [2.24, 2.45) is 5.92 Å². The summed E-state index contributed by atoms with van der Waals surface area (Å²) in [6.07, 6.45) is 1.52. The third-order valence-corrected chi connectivity index (χ3v) is 5.34. The van der Waals surface area contributed by atoms with Crippen LogP contribution in [0.15, 0.2) is 0 Å². The van der Waals surface area contributed by atoms with Crippen LogP contribution in [0.2, 0.25) is 0 Å². The number of carbonyl (C=O) groups excluding carboxylic acids is 1. The van der Waals surface area contributed by atoms with Gasteiger partial charge in [0.2, 0.25) is 5.91 Å². The molecule has 4 nitrogen and oxygen atoms in total. The van der Waals surface area contributed by atoms with E-state index in [1.807, 2.05) is 13.8 Å². The Labute approximate surface area is 102 Å². The summed E-state index contributed by atoms with van der Waals surface area (Å²) < 4.78 is 22.6. The highest BCUT2D eigenvalue weighted by molar-refractivity contribution is 7.91. The second-order valence-corrected chi connectivity index (χ2v) is 6.94. The number of rotatable bonds is 4. The number of sulfone groups is 1. The Morgan fingerprint density at radius 1 is 1.38 bits per heavy atom. The summed E-state index contributed by atoms with van der Waals surface area (Å²) in [5.74, 6) is -0.208. The molecule has 1 aliphatic heterocycles. The molecule has 16 heavy (non-hydrogen) atoms. The normalized spacial score (nSPS) is 28.2.